The van der Waals surface area contributed by atoms with Gasteiger partial charge < -0.3 is 10.2 Å². The van der Waals surface area contributed by atoms with E-state index in [4.69, 9.17) is 10.2 Å². The van der Waals surface area contributed by atoms with Crippen LogP contribution in [0.1, 0.15) is 66.2 Å². The number of Topliss-reactive ketones (excluding diaryl/α,β-unsaturated/α-hetero) is 1. The summed E-state index contributed by atoms with van der Waals surface area (Å²) in [5.74, 6) is 2.01. The van der Waals surface area contributed by atoms with Crippen molar-refractivity contribution in [3.63, 3.8) is 0 Å². The van der Waals surface area contributed by atoms with Crippen molar-refractivity contribution in [2.45, 2.75) is 66.2 Å². The maximum atomic E-state index is 11.2. The number of ketones is 1. The fraction of sp³-hybridized carbons (Fsp3) is 0.889. The zero-order chi connectivity index (χ0) is 14.3. The van der Waals surface area contributed by atoms with Crippen molar-refractivity contribution < 1.29 is 19.8 Å². The lowest BCUT2D eigenvalue weighted by Gasteiger charge is -2.18. The first kappa shape index (κ1) is 19.1. The van der Waals surface area contributed by atoms with E-state index < -0.39 is 11.4 Å². The molecule has 0 aliphatic heterocycles. The van der Waals surface area contributed by atoms with E-state index in [2.05, 4.69) is 0 Å². The van der Waals surface area contributed by atoms with Gasteiger partial charge in [0.2, 0.25) is 0 Å². The van der Waals surface area contributed by atoms with E-state index in [9.17, 15) is 9.59 Å². The minimum atomic E-state index is -0.954. The number of aliphatic hydroxyl groups excluding tert-OH is 1. The Labute approximate surface area is 134 Å². The molecule has 4 saturated carbocycles. The molecular weight excluding hydrogens is 280 g/mol. The quantitative estimate of drug-likeness (QED) is 0.765. The largest absolute Gasteiger partial charge is 0.480 e. The van der Waals surface area contributed by atoms with Crippen molar-refractivity contribution >= 4 is 11.8 Å². The van der Waals surface area contributed by atoms with Crippen molar-refractivity contribution in [1.82, 2.24) is 0 Å². The highest BCUT2D eigenvalue weighted by Gasteiger charge is 2.56. The van der Waals surface area contributed by atoms with Crippen LogP contribution < -0.4 is 0 Å². The van der Waals surface area contributed by atoms with Crippen molar-refractivity contribution in [1.29, 1.82) is 0 Å². The van der Waals surface area contributed by atoms with Gasteiger partial charge in [-0.15, -0.1) is 0 Å². The fourth-order valence-electron chi connectivity index (χ4n) is 4.95. The van der Waals surface area contributed by atoms with Crippen LogP contribution in [0.25, 0.3) is 0 Å². The first-order chi connectivity index (χ1) is 9.55. The molecule has 0 aromatic heterocycles. The molecule has 128 valence electrons. The molecule has 0 saturated heterocycles. The van der Waals surface area contributed by atoms with Gasteiger partial charge in [-0.1, -0.05) is 21.3 Å². The van der Waals surface area contributed by atoms with Crippen LogP contribution in [-0.2, 0) is 9.59 Å². The van der Waals surface area contributed by atoms with E-state index in [1.807, 2.05) is 0 Å². The molecule has 4 nitrogen and oxygen atoms in total. The van der Waals surface area contributed by atoms with Gasteiger partial charge in [-0.05, 0) is 62.2 Å². The van der Waals surface area contributed by atoms with Gasteiger partial charge in [0.1, 0.15) is 11.2 Å². The molecule has 5 atom stereocenters. The normalized spacial score (nSPS) is 40.5. The van der Waals surface area contributed by atoms with Gasteiger partial charge in [0.05, 0.1) is 0 Å². The lowest BCUT2D eigenvalue weighted by molar-refractivity contribution is -0.153. The van der Waals surface area contributed by atoms with Crippen LogP contribution in [0, 0.1) is 29.1 Å². The summed E-state index contributed by atoms with van der Waals surface area (Å²) in [7, 11) is 0. The zero-order valence-electron chi connectivity index (χ0n) is 11.9. The maximum Gasteiger partial charge on any atom is 0.317 e. The number of carboxylic acid groups (broad SMARTS) is 1. The van der Waals surface area contributed by atoms with Crippen molar-refractivity contribution in [2.75, 3.05) is 6.61 Å². The lowest BCUT2D eigenvalue weighted by Crippen LogP contribution is -2.34. The number of carbonyl (C=O) groups is 2. The summed E-state index contributed by atoms with van der Waals surface area (Å²) in [6.07, 6.45) is 8.20. The highest BCUT2D eigenvalue weighted by molar-refractivity contribution is 6.05. The van der Waals surface area contributed by atoms with E-state index in [0.717, 1.165) is 18.3 Å². The van der Waals surface area contributed by atoms with E-state index in [1.54, 1.807) is 0 Å². The third-order valence-electron chi connectivity index (χ3n) is 6.15. The van der Waals surface area contributed by atoms with Crippen LogP contribution in [0.3, 0.4) is 0 Å². The highest BCUT2D eigenvalue weighted by Crippen LogP contribution is 2.51. The van der Waals surface area contributed by atoms with Crippen molar-refractivity contribution in [3.8, 4) is 0 Å². The number of hydrogen-bond donors (Lipinski definition) is 2. The molecular formula is C18H32O4. The molecule has 4 bridgehead atoms. The predicted octanol–water partition coefficient (Wildman–Crippen LogP) is 3.52. The van der Waals surface area contributed by atoms with Crippen molar-refractivity contribution in [3.05, 3.63) is 0 Å². The van der Waals surface area contributed by atoms with Gasteiger partial charge in [-0.25, -0.2) is 0 Å². The van der Waals surface area contributed by atoms with Crippen LogP contribution in [-0.4, -0.2) is 28.6 Å². The SMILES string of the molecule is C.C.O=C(O)C12CCC(CC1=O)C2.OCC1CC2CCC1C2. The van der Waals surface area contributed by atoms with Gasteiger partial charge in [-0.3, -0.25) is 9.59 Å². The second kappa shape index (κ2) is 7.12. The van der Waals surface area contributed by atoms with Crippen LogP contribution >= 0.6 is 0 Å². The smallest absolute Gasteiger partial charge is 0.317 e. The van der Waals surface area contributed by atoms with Gasteiger partial charge in [0.15, 0.2) is 0 Å². The molecule has 5 unspecified atom stereocenters. The third kappa shape index (κ3) is 3.08. The number of carbonyl (C=O) groups excluding carboxylic acids is 1. The first-order valence-electron chi connectivity index (χ1n) is 7.92. The summed E-state index contributed by atoms with van der Waals surface area (Å²) in [5, 5.41) is 17.7. The second-order valence-corrected chi connectivity index (χ2v) is 7.24. The Bertz CT molecular complexity index is 419. The molecule has 0 amide bonds. The Balaban J connectivity index is 0.000000205. The topological polar surface area (TPSA) is 74.6 Å². The highest BCUT2D eigenvalue weighted by atomic mass is 16.4. The first-order valence-corrected chi connectivity index (χ1v) is 7.92. The minimum Gasteiger partial charge on any atom is -0.480 e. The Kier molecular flexibility index (Phi) is 6.19. The van der Waals surface area contributed by atoms with Crippen LogP contribution in [0.2, 0.25) is 0 Å². The summed E-state index contributed by atoms with van der Waals surface area (Å²) < 4.78 is 0. The average molecular weight is 312 g/mol. The Morgan fingerprint density at radius 3 is 2.14 bits per heavy atom. The number of rotatable bonds is 2. The molecule has 4 heteroatoms. The third-order valence-corrected chi connectivity index (χ3v) is 6.15. The Morgan fingerprint density at radius 2 is 1.86 bits per heavy atom. The molecule has 0 aromatic carbocycles. The molecule has 4 aliphatic rings. The van der Waals surface area contributed by atoms with Gasteiger partial charge in [0.25, 0.3) is 0 Å². The molecule has 4 rings (SSSR count). The molecule has 4 aliphatic carbocycles. The Morgan fingerprint density at radius 1 is 1.14 bits per heavy atom. The van der Waals surface area contributed by atoms with Gasteiger partial charge >= 0.3 is 5.97 Å². The van der Waals surface area contributed by atoms with E-state index in [1.165, 1.54) is 25.7 Å². The monoisotopic (exact) mass is 312 g/mol. The molecule has 0 radical (unpaired) electrons. The summed E-state index contributed by atoms with van der Waals surface area (Å²) >= 11 is 0. The van der Waals surface area contributed by atoms with Crippen LogP contribution in [0.4, 0.5) is 0 Å². The predicted molar refractivity (Wildman–Crippen MR) is 86.5 cm³/mol. The fourth-order valence-corrected chi connectivity index (χ4v) is 4.95. The molecule has 0 heterocycles. The standard InChI is InChI=1S/C8H10O3.C8H14O.2CH4/c9-6-3-5-1-2-8(6,4-5)7(10)11;9-5-8-4-6-1-2-7(8)3-6;;/h5H,1-4H2,(H,10,11);6-9H,1-5H2;2*1H4. The maximum absolute atomic E-state index is 11.2. The Hall–Kier alpha value is -0.900. The molecule has 22 heavy (non-hydrogen) atoms. The molecule has 2 N–H and O–H groups in total. The van der Waals surface area contributed by atoms with E-state index >= 15 is 0 Å². The minimum absolute atomic E-state index is 0. The lowest BCUT2D eigenvalue weighted by atomic mass is 9.83. The number of aliphatic hydroxyl groups is 1. The molecule has 0 aromatic rings. The van der Waals surface area contributed by atoms with Gasteiger partial charge in [-0.2, -0.15) is 0 Å². The number of fused-ring (bicyclic) bond motifs is 4. The van der Waals surface area contributed by atoms with E-state index in [0.29, 0.717) is 37.7 Å². The van der Waals surface area contributed by atoms with Gasteiger partial charge in [0, 0.05) is 13.0 Å². The van der Waals surface area contributed by atoms with Crippen LogP contribution in [0.15, 0.2) is 0 Å². The summed E-state index contributed by atoms with van der Waals surface area (Å²) in [5.41, 5.74) is -0.954. The number of hydrogen-bond acceptors (Lipinski definition) is 3. The number of aliphatic carboxylic acids is 1. The molecule has 0 spiro atoms. The zero-order valence-corrected chi connectivity index (χ0v) is 11.9. The molecule has 4 fully saturated rings. The van der Waals surface area contributed by atoms with Crippen LogP contribution in [0.5, 0.6) is 0 Å². The number of carboxylic acids is 1. The second-order valence-electron chi connectivity index (χ2n) is 7.24. The summed E-state index contributed by atoms with van der Waals surface area (Å²) in [6, 6.07) is 0. The van der Waals surface area contributed by atoms with E-state index in [-0.39, 0.29) is 20.6 Å². The summed E-state index contributed by atoms with van der Waals surface area (Å²) in [6.45, 7) is 0.446. The van der Waals surface area contributed by atoms with Crippen molar-refractivity contribution in [2.24, 2.45) is 29.1 Å². The average Bonchev–Trinajstić information content (AvgIpc) is 3.18. The summed E-state index contributed by atoms with van der Waals surface area (Å²) in [4.78, 5) is 22.0.